The highest BCUT2D eigenvalue weighted by molar-refractivity contribution is 14.1. The van der Waals surface area contributed by atoms with Crippen LogP contribution < -0.4 is 11.3 Å². The molecule has 2 rings (SSSR count). The van der Waals surface area contributed by atoms with Crippen LogP contribution in [0.15, 0.2) is 23.2 Å². The molecule has 0 saturated heterocycles. The summed E-state index contributed by atoms with van der Waals surface area (Å²) in [6.07, 6.45) is 2.79. The van der Waals surface area contributed by atoms with Gasteiger partial charge in [0, 0.05) is 17.5 Å². The minimum absolute atomic E-state index is 0.185. The van der Waals surface area contributed by atoms with Crippen molar-refractivity contribution in [2.24, 2.45) is 5.84 Å². The fourth-order valence-electron chi connectivity index (χ4n) is 1.32. The zero-order chi connectivity index (χ0) is 10.7. The average Bonchev–Trinajstić information content (AvgIpc) is 2.85. The van der Waals surface area contributed by atoms with Crippen LogP contribution in [0.3, 0.4) is 0 Å². The van der Waals surface area contributed by atoms with Gasteiger partial charge in [0.1, 0.15) is 0 Å². The van der Waals surface area contributed by atoms with E-state index in [1.165, 1.54) is 13.3 Å². The Hall–Kier alpha value is -0.0200. The number of hydrazine groups is 1. The molecule has 80 valence electrons. The molecule has 0 aromatic carbocycles. The van der Waals surface area contributed by atoms with Gasteiger partial charge >= 0.3 is 0 Å². The number of nitrogens with zero attached hydrogens (tertiary/aromatic N) is 1. The molecule has 0 aliphatic carbocycles. The van der Waals surface area contributed by atoms with Gasteiger partial charge in [0.2, 0.25) is 0 Å². The highest BCUT2D eigenvalue weighted by Gasteiger charge is 2.12. The van der Waals surface area contributed by atoms with Crippen LogP contribution in [-0.2, 0) is 6.42 Å². The fourth-order valence-corrected chi connectivity index (χ4v) is 3.39. The maximum absolute atomic E-state index is 5.57. The third kappa shape index (κ3) is 2.97. The summed E-state index contributed by atoms with van der Waals surface area (Å²) in [4.78, 5) is 5.31. The van der Waals surface area contributed by atoms with Gasteiger partial charge in [0.05, 0.1) is 14.4 Å². The third-order valence-corrected chi connectivity index (χ3v) is 4.69. The van der Waals surface area contributed by atoms with E-state index in [-0.39, 0.29) is 6.04 Å². The Morgan fingerprint density at radius 1 is 1.53 bits per heavy atom. The van der Waals surface area contributed by atoms with Crippen LogP contribution in [0.25, 0.3) is 0 Å². The lowest BCUT2D eigenvalue weighted by molar-refractivity contribution is 0.556. The monoisotopic (exact) mass is 351 g/mol. The predicted molar refractivity (Wildman–Crippen MR) is 72.9 cm³/mol. The molecule has 0 aliphatic heterocycles. The Morgan fingerprint density at radius 3 is 2.93 bits per heavy atom. The quantitative estimate of drug-likeness (QED) is 0.506. The van der Waals surface area contributed by atoms with Crippen molar-refractivity contribution in [2.45, 2.75) is 12.5 Å². The van der Waals surface area contributed by atoms with E-state index in [1.54, 1.807) is 22.7 Å². The molecule has 0 fully saturated rings. The largest absolute Gasteiger partial charge is 0.271 e. The van der Waals surface area contributed by atoms with Crippen LogP contribution >= 0.6 is 45.3 Å². The Morgan fingerprint density at radius 2 is 2.40 bits per heavy atom. The van der Waals surface area contributed by atoms with Crippen molar-refractivity contribution in [1.82, 2.24) is 10.4 Å². The van der Waals surface area contributed by atoms with E-state index in [1.807, 2.05) is 11.7 Å². The molecule has 0 bridgehead atoms. The highest BCUT2D eigenvalue weighted by atomic mass is 127. The molecular formula is C9H10IN3S2. The van der Waals surface area contributed by atoms with E-state index in [4.69, 9.17) is 5.84 Å². The van der Waals surface area contributed by atoms with E-state index >= 15 is 0 Å². The van der Waals surface area contributed by atoms with Crippen molar-refractivity contribution in [3.8, 4) is 0 Å². The molecule has 1 atom stereocenters. The average molecular weight is 351 g/mol. The normalized spacial score (nSPS) is 12.9. The van der Waals surface area contributed by atoms with E-state index in [0.29, 0.717) is 0 Å². The third-order valence-electron chi connectivity index (χ3n) is 2.08. The molecule has 0 saturated carbocycles. The molecule has 0 aliphatic rings. The van der Waals surface area contributed by atoms with Gasteiger partial charge in [-0.05, 0) is 39.6 Å². The van der Waals surface area contributed by atoms with Gasteiger partial charge in [0.25, 0.3) is 0 Å². The first-order chi connectivity index (χ1) is 7.29. The standard InChI is InChI=1S/C9H10IN3S2/c10-9-1-6(4-14-9)8(13-11)2-7-3-12-5-15-7/h1,3-5,8,13H,2,11H2. The maximum atomic E-state index is 5.57. The van der Waals surface area contributed by atoms with Gasteiger partial charge in [0.15, 0.2) is 0 Å². The second-order valence-electron chi connectivity index (χ2n) is 3.08. The number of thiophene rings is 1. The molecule has 15 heavy (non-hydrogen) atoms. The lowest BCUT2D eigenvalue weighted by Gasteiger charge is -2.12. The summed E-state index contributed by atoms with van der Waals surface area (Å²) in [6.45, 7) is 0. The minimum atomic E-state index is 0.185. The van der Waals surface area contributed by atoms with Gasteiger partial charge < -0.3 is 0 Å². The molecule has 6 heteroatoms. The summed E-state index contributed by atoms with van der Waals surface area (Å²) < 4.78 is 1.28. The number of nitrogens with two attached hydrogens (primary N) is 1. The Labute approximate surface area is 110 Å². The molecule has 0 amide bonds. The Bertz CT molecular complexity index is 413. The van der Waals surface area contributed by atoms with Crippen LogP contribution in [0.1, 0.15) is 16.5 Å². The second-order valence-corrected chi connectivity index (χ2v) is 6.85. The number of nitrogens with one attached hydrogen (secondary N) is 1. The first kappa shape index (κ1) is 11.5. The molecule has 1 unspecified atom stereocenters. The minimum Gasteiger partial charge on any atom is -0.271 e. The highest BCUT2D eigenvalue weighted by Crippen LogP contribution is 2.25. The van der Waals surface area contributed by atoms with E-state index in [9.17, 15) is 0 Å². The maximum Gasteiger partial charge on any atom is 0.0794 e. The van der Waals surface area contributed by atoms with Crippen LogP contribution in [0.5, 0.6) is 0 Å². The zero-order valence-corrected chi connectivity index (χ0v) is 11.6. The molecule has 3 N–H and O–H groups in total. The topological polar surface area (TPSA) is 50.9 Å². The SMILES string of the molecule is NNC(Cc1cncs1)c1csc(I)c1. The van der Waals surface area contributed by atoms with E-state index < -0.39 is 0 Å². The first-order valence-corrected chi connectivity index (χ1v) is 7.21. The lowest BCUT2D eigenvalue weighted by atomic mass is 10.1. The summed E-state index contributed by atoms with van der Waals surface area (Å²) in [7, 11) is 0. The predicted octanol–water partition coefficient (Wildman–Crippen LogP) is 2.56. The number of rotatable bonds is 4. The van der Waals surface area contributed by atoms with Gasteiger partial charge in [-0.1, -0.05) is 0 Å². The number of halogens is 1. The van der Waals surface area contributed by atoms with Crippen LogP contribution in [-0.4, -0.2) is 4.98 Å². The van der Waals surface area contributed by atoms with Crippen LogP contribution in [0.2, 0.25) is 0 Å². The number of hydrogen-bond donors (Lipinski definition) is 2. The molecule has 2 aromatic rings. The summed E-state index contributed by atoms with van der Waals surface area (Å²) in [5.41, 5.74) is 5.95. The fraction of sp³-hybridized carbons (Fsp3) is 0.222. The molecule has 0 spiro atoms. The van der Waals surface area contributed by atoms with Crippen molar-refractivity contribution in [1.29, 1.82) is 0 Å². The van der Waals surface area contributed by atoms with Gasteiger partial charge in [-0.15, -0.1) is 22.7 Å². The van der Waals surface area contributed by atoms with Crippen molar-refractivity contribution in [3.63, 3.8) is 0 Å². The molecule has 2 heterocycles. The van der Waals surface area contributed by atoms with Gasteiger partial charge in [-0.2, -0.15) is 0 Å². The summed E-state index contributed by atoms with van der Waals surface area (Å²) in [5.74, 6) is 5.57. The molecular weight excluding hydrogens is 341 g/mol. The Balaban J connectivity index is 2.11. The smallest absolute Gasteiger partial charge is 0.0794 e. The van der Waals surface area contributed by atoms with Crippen molar-refractivity contribution < 1.29 is 0 Å². The van der Waals surface area contributed by atoms with E-state index in [0.717, 1.165) is 6.42 Å². The Kier molecular flexibility index (Phi) is 4.09. The number of aromatic nitrogens is 1. The summed E-state index contributed by atoms with van der Waals surface area (Å²) in [5, 5.41) is 2.15. The van der Waals surface area contributed by atoms with Gasteiger partial charge in [-0.3, -0.25) is 16.3 Å². The molecule has 0 radical (unpaired) electrons. The van der Waals surface area contributed by atoms with Gasteiger partial charge in [-0.25, -0.2) is 0 Å². The zero-order valence-electron chi connectivity index (χ0n) is 7.81. The van der Waals surface area contributed by atoms with Crippen molar-refractivity contribution in [3.05, 3.63) is 36.5 Å². The van der Waals surface area contributed by atoms with Crippen LogP contribution in [0, 0.1) is 2.88 Å². The summed E-state index contributed by atoms with van der Waals surface area (Å²) in [6, 6.07) is 2.35. The molecule has 3 nitrogen and oxygen atoms in total. The second kappa shape index (κ2) is 5.35. The molecule has 2 aromatic heterocycles. The van der Waals surface area contributed by atoms with E-state index in [2.05, 4.69) is 44.4 Å². The first-order valence-electron chi connectivity index (χ1n) is 4.37. The summed E-state index contributed by atoms with van der Waals surface area (Å²) >= 11 is 5.72. The van der Waals surface area contributed by atoms with Crippen LogP contribution in [0.4, 0.5) is 0 Å². The number of hydrogen-bond acceptors (Lipinski definition) is 5. The number of thiazole rings is 1. The van der Waals surface area contributed by atoms with Crippen molar-refractivity contribution in [2.75, 3.05) is 0 Å². The van der Waals surface area contributed by atoms with Crippen molar-refractivity contribution >= 4 is 45.3 Å². The lowest BCUT2D eigenvalue weighted by Crippen LogP contribution is -2.29.